The first-order chi connectivity index (χ1) is 8.56. The predicted molar refractivity (Wildman–Crippen MR) is 66.8 cm³/mol. The summed E-state index contributed by atoms with van der Waals surface area (Å²) in [5.41, 5.74) is 0.743. The molecule has 8 heteroatoms. The van der Waals surface area contributed by atoms with Gasteiger partial charge in [-0.05, 0) is 11.6 Å². The summed E-state index contributed by atoms with van der Waals surface area (Å²) in [5, 5.41) is 12.3. The molecule has 1 aromatic rings. The van der Waals surface area contributed by atoms with Crippen LogP contribution in [0.5, 0.6) is 0 Å². The molecule has 6 nitrogen and oxygen atoms in total. The van der Waals surface area contributed by atoms with E-state index in [-0.39, 0.29) is 5.28 Å². The highest BCUT2D eigenvalue weighted by atomic mass is 35.5. The van der Waals surface area contributed by atoms with Crippen LogP contribution < -0.4 is 5.32 Å². The minimum Gasteiger partial charge on any atom is -0.480 e. The van der Waals surface area contributed by atoms with Gasteiger partial charge in [-0.15, -0.1) is 0 Å². The molecule has 0 bridgehead atoms. The lowest BCUT2D eigenvalue weighted by molar-refractivity contribution is -0.140. The van der Waals surface area contributed by atoms with Gasteiger partial charge in [0.25, 0.3) is 0 Å². The smallest absolute Gasteiger partial charge is 0.322 e. The normalized spacial score (nSPS) is 20.9. The van der Waals surface area contributed by atoms with Crippen molar-refractivity contribution in [1.82, 2.24) is 20.2 Å². The minimum absolute atomic E-state index is 0.104. The fourth-order valence-electron chi connectivity index (χ4n) is 1.83. The maximum Gasteiger partial charge on any atom is 0.322 e. The Morgan fingerprint density at radius 3 is 3.06 bits per heavy atom. The zero-order chi connectivity index (χ0) is 13.1. The summed E-state index contributed by atoms with van der Waals surface area (Å²) in [5.74, 6) is -0.849. The number of nitrogens with zero attached hydrogens (tertiary/aromatic N) is 3. The topological polar surface area (TPSA) is 78.3 Å². The molecule has 1 aliphatic rings. The SMILES string of the molecule is O=C(O)C1CN(Cc2cnc(Cl)nc2Cl)CCN1. The summed E-state index contributed by atoms with van der Waals surface area (Å²) in [7, 11) is 0. The fourth-order valence-corrected chi connectivity index (χ4v) is 2.20. The quantitative estimate of drug-likeness (QED) is 0.628. The van der Waals surface area contributed by atoms with E-state index in [1.807, 2.05) is 4.90 Å². The molecule has 1 aliphatic heterocycles. The molecule has 98 valence electrons. The number of carboxylic acids is 1. The molecule has 1 aromatic heterocycles. The molecule has 0 spiro atoms. The molecule has 2 N–H and O–H groups in total. The van der Waals surface area contributed by atoms with Crippen LogP contribution >= 0.6 is 23.2 Å². The maximum absolute atomic E-state index is 10.9. The Kier molecular flexibility index (Phi) is 4.34. The summed E-state index contributed by atoms with van der Waals surface area (Å²) in [6.07, 6.45) is 1.56. The van der Waals surface area contributed by atoms with Crippen LogP contribution in [-0.2, 0) is 11.3 Å². The van der Waals surface area contributed by atoms with Crippen LogP contribution in [0.4, 0.5) is 0 Å². The number of hydrogen-bond acceptors (Lipinski definition) is 5. The zero-order valence-corrected chi connectivity index (χ0v) is 10.9. The minimum atomic E-state index is -0.849. The van der Waals surface area contributed by atoms with Crippen molar-refractivity contribution in [2.75, 3.05) is 19.6 Å². The van der Waals surface area contributed by atoms with Crippen molar-refractivity contribution < 1.29 is 9.90 Å². The van der Waals surface area contributed by atoms with Crippen LogP contribution in [0.1, 0.15) is 5.56 Å². The first-order valence-corrected chi connectivity index (χ1v) is 6.17. The largest absolute Gasteiger partial charge is 0.480 e. The van der Waals surface area contributed by atoms with Crippen LogP contribution in [0.15, 0.2) is 6.20 Å². The highest BCUT2D eigenvalue weighted by Gasteiger charge is 2.25. The van der Waals surface area contributed by atoms with E-state index < -0.39 is 12.0 Å². The van der Waals surface area contributed by atoms with Crippen molar-refractivity contribution >= 4 is 29.2 Å². The molecule has 1 saturated heterocycles. The van der Waals surface area contributed by atoms with Gasteiger partial charge in [0.15, 0.2) is 0 Å². The Labute approximate surface area is 114 Å². The van der Waals surface area contributed by atoms with Gasteiger partial charge in [-0.1, -0.05) is 11.6 Å². The summed E-state index contributed by atoms with van der Waals surface area (Å²) in [6.45, 7) is 2.32. The van der Waals surface area contributed by atoms with Gasteiger partial charge in [0.1, 0.15) is 11.2 Å². The zero-order valence-electron chi connectivity index (χ0n) is 9.44. The number of piperazine rings is 1. The Balaban J connectivity index is 2.02. The van der Waals surface area contributed by atoms with Gasteiger partial charge in [0, 0.05) is 37.9 Å². The second kappa shape index (κ2) is 5.79. The van der Waals surface area contributed by atoms with Gasteiger partial charge in [-0.2, -0.15) is 0 Å². The standard InChI is InChI=1S/C10H12Cl2N4O2/c11-8-6(3-14-10(12)15-8)4-16-2-1-13-7(5-16)9(17)18/h3,7,13H,1-2,4-5H2,(H,17,18). The predicted octanol–water partition coefficient (Wildman–Crippen LogP) is 0.642. The lowest BCUT2D eigenvalue weighted by atomic mass is 10.2. The Hall–Kier alpha value is -0.950. The van der Waals surface area contributed by atoms with Gasteiger partial charge in [0.05, 0.1) is 0 Å². The fraction of sp³-hybridized carbons (Fsp3) is 0.500. The van der Waals surface area contributed by atoms with Crippen LogP contribution in [-0.4, -0.2) is 51.6 Å². The number of carboxylic acid groups (broad SMARTS) is 1. The number of carbonyl (C=O) groups is 1. The van der Waals surface area contributed by atoms with Gasteiger partial charge in [0.2, 0.25) is 5.28 Å². The number of halogens is 2. The summed E-state index contributed by atoms with van der Waals surface area (Å²) >= 11 is 11.6. The van der Waals surface area contributed by atoms with Gasteiger partial charge in [-0.3, -0.25) is 9.69 Å². The number of hydrogen-bond donors (Lipinski definition) is 2. The molecule has 0 radical (unpaired) electrons. The van der Waals surface area contributed by atoms with Crippen LogP contribution in [0, 0.1) is 0 Å². The second-order valence-electron chi connectivity index (χ2n) is 4.04. The Morgan fingerprint density at radius 2 is 2.39 bits per heavy atom. The number of nitrogens with one attached hydrogen (secondary N) is 1. The van der Waals surface area contributed by atoms with Crippen molar-refractivity contribution in [3.63, 3.8) is 0 Å². The van der Waals surface area contributed by atoms with E-state index in [0.29, 0.717) is 24.8 Å². The van der Waals surface area contributed by atoms with E-state index >= 15 is 0 Å². The average molecular weight is 291 g/mol. The Morgan fingerprint density at radius 1 is 1.61 bits per heavy atom. The van der Waals surface area contributed by atoms with Crippen molar-refractivity contribution in [3.05, 3.63) is 22.2 Å². The molecule has 2 heterocycles. The van der Waals surface area contributed by atoms with Crippen molar-refractivity contribution in [1.29, 1.82) is 0 Å². The second-order valence-corrected chi connectivity index (χ2v) is 4.73. The molecule has 18 heavy (non-hydrogen) atoms. The highest BCUT2D eigenvalue weighted by Crippen LogP contribution is 2.17. The lowest BCUT2D eigenvalue weighted by Gasteiger charge is -2.31. The first-order valence-electron chi connectivity index (χ1n) is 5.41. The third kappa shape index (κ3) is 3.29. The molecule has 0 saturated carbocycles. The third-order valence-electron chi connectivity index (χ3n) is 2.73. The summed E-state index contributed by atoms with van der Waals surface area (Å²) < 4.78 is 0. The van der Waals surface area contributed by atoms with Gasteiger partial charge in [-0.25, -0.2) is 9.97 Å². The van der Waals surface area contributed by atoms with Crippen molar-refractivity contribution in [3.8, 4) is 0 Å². The van der Waals surface area contributed by atoms with Crippen molar-refractivity contribution in [2.45, 2.75) is 12.6 Å². The summed E-state index contributed by atoms with van der Waals surface area (Å²) in [4.78, 5) is 20.6. The monoisotopic (exact) mass is 290 g/mol. The van der Waals surface area contributed by atoms with Crippen LogP contribution in [0.25, 0.3) is 0 Å². The maximum atomic E-state index is 10.9. The van der Waals surface area contributed by atoms with Crippen molar-refractivity contribution in [2.24, 2.45) is 0 Å². The molecule has 2 rings (SSSR count). The molecule has 0 aromatic carbocycles. The average Bonchev–Trinajstić information content (AvgIpc) is 2.33. The van der Waals surface area contributed by atoms with E-state index in [2.05, 4.69) is 15.3 Å². The molecular formula is C10H12Cl2N4O2. The molecule has 0 amide bonds. The third-order valence-corrected chi connectivity index (χ3v) is 3.24. The van der Waals surface area contributed by atoms with Gasteiger partial charge >= 0.3 is 5.97 Å². The van der Waals surface area contributed by atoms with E-state index in [9.17, 15) is 4.79 Å². The van der Waals surface area contributed by atoms with E-state index in [4.69, 9.17) is 28.3 Å². The molecule has 1 atom stereocenters. The highest BCUT2D eigenvalue weighted by molar-refractivity contribution is 6.32. The molecular weight excluding hydrogens is 279 g/mol. The number of aromatic nitrogens is 2. The number of rotatable bonds is 3. The van der Waals surface area contributed by atoms with Crippen LogP contribution in [0.2, 0.25) is 10.4 Å². The van der Waals surface area contributed by atoms with E-state index in [0.717, 1.165) is 12.1 Å². The number of aliphatic carboxylic acids is 1. The van der Waals surface area contributed by atoms with E-state index in [1.165, 1.54) is 0 Å². The van der Waals surface area contributed by atoms with Gasteiger partial charge < -0.3 is 10.4 Å². The Bertz CT molecular complexity index is 458. The first kappa shape index (κ1) is 13.5. The van der Waals surface area contributed by atoms with E-state index in [1.54, 1.807) is 6.20 Å². The summed E-state index contributed by atoms with van der Waals surface area (Å²) in [6, 6.07) is -0.550. The molecule has 1 fully saturated rings. The molecule has 1 unspecified atom stereocenters. The molecule has 0 aliphatic carbocycles. The lowest BCUT2D eigenvalue weighted by Crippen LogP contribution is -2.53. The van der Waals surface area contributed by atoms with Crippen LogP contribution in [0.3, 0.4) is 0 Å².